The van der Waals surface area contributed by atoms with E-state index in [2.05, 4.69) is 6.92 Å². The number of hydrogen-bond acceptors (Lipinski definition) is 4. The zero-order chi connectivity index (χ0) is 21.3. The fraction of sp³-hybridized carbons (Fsp3) is 0.417. The van der Waals surface area contributed by atoms with Gasteiger partial charge in [-0.1, -0.05) is 31.2 Å². The van der Waals surface area contributed by atoms with E-state index < -0.39 is 0 Å². The Hall–Kier alpha value is -2.47. The Kier molecular flexibility index (Phi) is 8.20. The third-order valence-electron chi connectivity index (χ3n) is 5.38. The van der Waals surface area contributed by atoms with Gasteiger partial charge in [0.1, 0.15) is 5.75 Å². The van der Waals surface area contributed by atoms with Crippen molar-refractivity contribution in [3.8, 4) is 5.75 Å². The lowest BCUT2D eigenvalue weighted by Gasteiger charge is -2.35. The summed E-state index contributed by atoms with van der Waals surface area (Å²) in [6, 6.07) is 15.7. The van der Waals surface area contributed by atoms with Gasteiger partial charge in [0.15, 0.2) is 0 Å². The molecule has 160 valence electrons. The van der Waals surface area contributed by atoms with Crippen molar-refractivity contribution in [1.29, 1.82) is 0 Å². The zero-order valence-electron chi connectivity index (χ0n) is 17.8. The van der Waals surface area contributed by atoms with E-state index in [1.165, 1.54) is 5.56 Å². The third kappa shape index (κ3) is 6.02. The van der Waals surface area contributed by atoms with Gasteiger partial charge in [-0.15, -0.1) is 0 Å². The highest BCUT2D eigenvalue weighted by atomic mass is 32.2. The van der Waals surface area contributed by atoms with Crippen LogP contribution in [-0.2, 0) is 17.0 Å². The van der Waals surface area contributed by atoms with Crippen molar-refractivity contribution in [1.82, 2.24) is 9.80 Å². The Labute approximate surface area is 183 Å². The third-order valence-corrected chi connectivity index (χ3v) is 6.33. The molecule has 5 nitrogen and oxygen atoms in total. The summed E-state index contributed by atoms with van der Waals surface area (Å²) in [5.41, 5.74) is 3.09. The highest BCUT2D eigenvalue weighted by Gasteiger charge is 2.24. The van der Waals surface area contributed by atoms with E-state index in [4.69, 9.17) is 4.74 Å². The maximum absolute atomic E-state index is 12.8. The first-order chi connectivity index (χ1) is 14.6. The molecule has 1 aliphatic rings. The molecule has 0 N–H and O–H groups in total. The smallest absolute Gasteiger partial charge is 0.253 e. The zero-order valence-corrected chi connectivity index (χ0v) is 18.6. The molecule has 0 bridgehead atoms. The maximum Gasteiger partial charge on any atom is 0.253 e. The van der Waals surface area contributed by atoms with Crippen LogP contribution in [0.1, 0.15) is 34.8 Å². The van der Waals surface area contributed by atoms with Gasteiger partial charge in [0, 0.05) is 43.9 Å². The average molecular weight is 427 g/mol. The van der Waals surface area contributed by atoms with E-state index in [0.29, 0.717) is 39.0 Å². The van der Waals surface area contributed by atoms with Gasteiger partial charge in [-0.25, -0.2) is 0 Å². The summed E-state index contributed by atoms with van der Waals surface area (Å²) in [4.78, 5) is 29.1. The van der Waals surface area contributed by atoms with Crippen molar-refractivity contribution in [3.05, 3.63) is 65.2 Å². The lowest BCUT2D eigenvalue weighted by atomic mass is 10.1. The van der Waals surface area contributed by atoms with Crippen LogP contribution in [0, 0.1) is 0 Å². The molecule has 2 aromatic carbocycles. The van der Waals surface area contributed by atoms with Crippen LogP contribution in [0.5, 0.6) is 5.75 Å². The Morgan fingerprint density at radius 2 is 1.50 bits per heavy atom. The molecule has 30 heavy (non-hydrogen) atoms. The van der Waals surface area contributed by atoms with Crippen LogP contribution in [-0.4, -0.2) is 60.7 Å². The van der Waals surface area contributed by atoms with Gasteiger partial charge in [-0.3, -0.25) is 9.59 Å². The molecular weight excluding hydrogens is 396 g/mol. The summed E-state index contributed by atoms with van der Waals surface area (Å²) in [6.45, 7) is 4.50. The minimum absolute atomic E-state index is 0.0510. The Morgan fingerprint density at radius 1 is 0.900 bits per heavy atom. The summed E-state index contributed by atoms with van der Waals surface area (Å²) in [6.07, 6.45) is 1.20. The lowest BCUT2D eigenvalue weighted by Crippen LogP contribution is -2.50. The highest BCUT2D eigenvalue weighted by molar-refractivity contribution is 7.98. The van der Waals surface area contributed by atoms with Gasteiger partial charge >= 0.3 is 0 Å². The van der Waals surface area contributed by atoms with Crippen molar-refractivity contribution in [3.63, 3.8) is 0 Å². The topological polar surface area (TPSA) is 49.9 Å². The van der Waals surface area contributed by atoms with Gasteiger partial charge in [0.25, 0.3) is 5.91 Å². The number of benzene rings is 2. The van der Waals surface area contributed by atoms with Gasteiger partial charge in [0.2, 0.25) is 5.91 Å². The Bertz CT molecular complexity index is 829. The van der Waals surface area contributed by atoms with Crippen LogP contribution in [0.4, 0.5) is 0 Å². The number of thioether (sulfide) groups is 1. The molecule has 0 unspecified atom stereocenters. The molecule has 0 saturated carbocycles. The summed E-state index contributed by atoms with van der Waals surface area (Å²) in [5, 5.41) is 0. The molecule has 1 fully saturated rings. The molecule has 0 aliphatic carbocycles. The first-order valence-corrected chi connectivity index (χ1v) is 11.6. The Balaban J connectivity index is 1.45. The number of aryl methyl sites for hydroxylation is 1. The average Bonchev–Trinajstić information content (AvgIpc) is 2.81. The van der Waals surface area contributed by atoms with Gasteiger partial charge in [-0.2, -0.15) is 11.8 Å². The fourth-order valence-corrected chi connectivity index (χ4v) is 4.14. The largest absolute Gasteiger partial charge is 0.497 e. The standard InChI is InChI=1S/C24H30N2O3S/c1-3-30-18-20-4-9-21(10-5-20)24(28)26-16-14-25(15-17-26)23(27)13-8-19-6-11-22(29-2)12-7-19/h4-7,9-12H,3,8,13-18H2,1-2H3. The van der Waals surface area contributed by atoms with E-state index in [-0.39, 0.29) is 11.8 Å². The molecule has 0 spiro atoms. The predicted octanol–water partition coefficient (Wildman–Crippen LogP) is 3.87. The number of nitrogens with zero attached hydrogens (tertiary/aromatic N) is 2. The van der Waals surface area contributed by atoms with Crippen molar-refractivity contribution >= 4 is 23.6 Å². The molecule has 6 heteroatoms. The van der Waals surface area contributed by atoms with E-state index >= 15 is 0 Å². The molecule has 2 amide bonds. The van der Waals surface area contributed by atoms with Gasteiger partial charge in [-0.05, 0) is 47.6 Å². The number of piperazine rings is 1. The van der Waals surface area contributed by atoms with Gasteiger partial charge < -0.3 is 14.5 Å². The molecule has 1 aliphatic heterocycles. The maximum atomic E-state index is 12.8. The minimum atomic E-state index is 0.0510. The second-order valence-corrected chi connectivity index (χ2v) is 8.63. The molecule has 1 saturated heterocycles. The summed E-state index contributed by atoms with van der Waals surface area (Å²) < 4.78 is 5.16. The number of hydrogen-bond donors (Lipinski definition) is 0. The molecule has 0 radical (unpaired) electrons. The highest BCUT2D eigenvalue weighted by Crippen LogP contribution is 2.16. The van der Waals surface area contributed by atoms with Crippen LogP contribution < -0.4 is 4.74 Å². The van der Waals surface area contributed by atoms with Crippen molar-refractivity contribution in [2.75, 3.05) is 39.0 Å². The number of carbonyl (C=O) groups excluding carboxylic acids is 2. The van der Waals surface area contributed by atoms with Gasteiger partial charge in [0.05, 0.1) is 7.11 Å². The first kappa shape index (κ1) is 22.2. The van der Waals surface area contributed by atoms with Crippen LogP contribution in [0.25, 0.3) is 0 Å². The second-order valence-electron chi connectivity index (χ2n) is 7.36. The molecule has 2 aromatic rings. The number of ether oxygens (including phenoxy) is 1. The van der Waals surface area contributed by atoms with Crippen molar-refractivity contribution in [2.45, 2.75) is 25.5 Å². The first-order valence-electron chi connectivity index (χ1n) is 10.5. The fourth-order valence-electron chi connectivity index (χ4n) is 3.51. The van der Waals surface area contributed by atoms with E-state index in [1.54, 1.807) is 7.11 Å². The van der Waals surface area contributed by atoms with E-state index in [9.17, 15) is 9.59 Å². The van der Waals surface area contributed by atoms with E-state index in [0.717, 1.165) is 28.4 Å². The minimum Gasteiger partial charge on any atom is -0.497 e. The molecule has 0 atom stereocenters. The SMILES string of the molecule is CCSCc1ccc(C(=O)N2CCN(C(=O)CCc3ccc(OC)cc3)CC2)cc1. The number of rotatable bonds is 8. The summed E-state index contributed by atoms with van der Waals surface area (Å²) in [7, 11) is 1.64. The summed E-state index contributed by atoms with van der Waals surface area (Å²) >= 11 is 1.87. The van der Waals surface area contributed by atoms with Crippen LogP contribution >= 0.6 is 11.8 Å². The second kappa shape index (κ2) is 11.1. The normalized spacial score (nSPS) is 13.9. The monoisotopic (exact) mass is 426 g/mol. The van der Waals surface area contributed by atoms with Crippen LogP contribution in [0.2, 0.25) is 0 Å². The molecule has 1 heterocycles. The molecular formula is C24H30N2O3S. The van der Waals surface area contributed by atoms with E-state index in [1.807, 2.05) is 70.1 Å². The Morgan fingerprint density at radius 3 is 2.10 bits per heavy atom. The summed E-state index contributed by atoms with van der Waals surface area (Å²) in [5.74, 6) is 3.08. The van der Waals surface area contributed by atoms with Crippen LogP contribution in [0.15, 0.2) is 48.5 Å². The lowest BCUT2D eigenvalue weighted by molar-refractivity contribution is -0.132. The number of methoxy groups -OCH3 is 1. The predicted molar refractivity (Wildman–Crippen MR) is 122 cm³/mol. The number of carbonyl (C=O) groups is 2. The quantitative estimate of drug-likeness (QED) is 0.643. The molecule has 3 rings (SSSR count). The van der Waals surface area contributed by atoms with Crippen LogP contribution in [0.3, 0.4) is 0 Å². The van der Waals surface area contributed by atoms with Crippen molar-refractivity contribution in [2.24, 2.45) is 0 Å². The molecule has 0 aromatic heterocycles. The number of amides is 2. The van der Waals surface area contributed by atoms with Crippen molar-refractivity contribution < 1.29 is 14.3 Å².